The maximum absolute atomic E-state index is 13.4. The number of carbonyl (C=O) groups is 3. The Morgan fingerprint density at radius 1 is 1.26 bits per heavy atom. The van der Waals surface area contributed by atoms with Gasteiger partial charge in [0.1, 0.15) is 5.82 Å². The Labute approximate surface area is 132 Å². The van der Waals surface area contributed by atoms with Crippen molar-refractivity contribution in [2.24, 2.45) is 0 Å². The van der Waals surface area contributed by atoms with Gasteiger partial charge in [0.05, 0.1) is 19.6 Å². The van der Waals surface area contributed by atoms with Crippen LogP contribution in [0, 0.1) is 5.82 Å². The Hall–Kier alpha value is -2.70. The molecule has 1 rings (SSSR count). The van der Waals surface area contributed by atoms with Gasteiger partial charge in [-0.25, -0.2) is 9.18 Å². The molecule has 6 nitrogen and oxygen atoms in total. The van der Waals surface area contributed by atoms with Crippen molar-refractivity contribution < 1.29 is 28.6 Å². The summed E-state index contributed by atoms with van der Waals surface area (Å²) in [6, 6.07) is 4.60. The van der Waals surface area contributed by atoms with E-state index in [1.165, 1.54) is 39.2 Å². The molecule has 0 aliphatic rings. The fourth-order valence-electron chi connectivity index (χ4n) is 1.82. The summed E-state index contributed by atoms with van der Waals surface area (Å²) in [4.78, 5) is 34.6. The lowest BCUT2D eigenvalue weighted by Gasteiger charge is -2.19. The number of aliphatic carboxylic acids is 1. The van der Waals surface area contributed by atoms with Crippen molar-refractivity contribution in [3.05, 3.63) is 46.8 Å². The van der Waals surface area contributed by atoms with E-state index in [0.717, 1.165) is 0 Å². The smallest absolute Gasteiger partial charge is 0.331 e. The van der Waals surface area contributed by atoms with Gasteiger partial charge in [-0.2, -0.15) is 0 Å². The molecule has 1 aromatic carbocycles. The van der Waals surface area contributed by atoms with Crippen LogP contribution in [-0.2, 0) is 19.1 Å². The van der Waals surface area contributed by atoms with Gasteiger partial charge in [-0.1, -0.05) is 12.1 Å². The Bertz CT molecular complexity index is 654. The van der Waals surface area contributed by atoms with Crippen LogP contribution in [0.1, 0.15) is 31.9 Å². The van der Waals surface area contributed by atoms with Crippen molar-refractivity contribution in [1.82, 2.24) is 5.32 Å². The van der Waals surface area contributed by atoms with Crippen molar-refractivity contribution >= 4 is 17.8 Å². The van der Waals surface area contributed by atoms with Crippen molar-refractivity contribution in [2.75, 3.05) is 7.11 Å². The fourth-order valence-corrected chi connectivity index (χ4v) is 1.82. The number of rotatable bonds is 6. The third kappa shape index (κ3) is 5.21. The molecule has 1 aromatic rings. The van der Waals surface area contributed by atoms with Crippen LogP contribution >= 0.6 is 0 Å². The number of carboxylic acid groups (broad SMARTS) is 1. The summed E-state index contributed by atoms with van der Waals surface area (Å²) in [6.45, 7) is 2.66. The van der Waals surface area contributed by atoms with Gasteiger partial charge in [0.15, 0.2) is 0 Å². The largest absolute Gasteiger partial charge is 0.478 e. The predicted molar refractivity (Wildman–Crippen MR) is 79.9 cm³/mol. The van der Waals surface area contributed by atoms with E-state index in [-0.39, 0.29) is 17.6 Å². The van der Waals surface area contributed by atoms with Gasteiger partial charge < -0.3 is 15.2 Å². The molecule has 7 heteroatoms. The van der Waals surface area contributed by atoms with Crippen LogP contribution in [0.4, 0.5) is 4.39 Å². The first-order valence-corrected chi connectivity index (χ1v) is 6.80. The van der Waals surface area contributed by atoms with Gasteiger partial charge in [0.2, 0.25) is 5.91 Å². The highest BCUT2D eigenvalue weighted by Gasteiger charge is 2.21. The Balaban J connectivity index is 3.07. The SMILES string of the molecule is COC(=O)CC(NC(=O)/C(C)=C(/C)C(=O)O)c1cccc(F)c1. The number of hydrogen-bond acceptors (Lipinski definition) is 4. The summed E-state index contributed by atoms with van der Waals surface area (Å²) >= 11 is 0. The third-order valence-corrected chi connectivity index (χ3v) is 3.38. The van der Waals surface area contributed by atoms with Crippen molar-refractivity contribution in [3.63, 3.8) is 0 Å². The molecule has 0 bridgehead atoms. The van der Waals surface area contributed by atoms with Crippen LogP contribution in [0.5, 0.6) is 0 Å². The monoisotopic (exact) mass is 323 g/mol. The van der Waals surface area contributed by atoms with E-state index in [1.807, 2.05) is 0 Å². The van der Waals surface area contributed by atoms with Gasteiger partial charge in [-0.3, -0.25) is 9.59 Å². The zero-order chi connectivity index (χ0) is 17.6. The molecule has 1 amide bonds. The summed E-state index contributed by atoms with van der Waals surface area (Å²) < 4.78 is 17.9. The average Bonchev–Trinajstić information content (AvgIpc) is 2.52. The molecule has 1 unspecified atom stereocenters. The quantitative estimate of drug-likeness (QED) is 0.617. The molecule has 0 saturated heterocycles. The van der Waals surface area contributed by atoms with E-state index in [1.54, 1.807) is 6.07 Å². The first-order chi connectivity index (χ1) is 10.8. The number of methoxy groups -OCH3 is 1. The lowest BCUT2D eigenvalue weighted by molar-refractivity contribution is -0.141. The molecule has 0 spiro atoms. The summed E-state index contributed by atoms with van der Waals surface area (Å²) in [6.07, 6.45) is -0.203. The minimum atomic E-state index is -1.21. The van der Waals surface area contributed by atoms with Crippen molar-refractivity contribution in [1.29, 1.82) is 0 Å². The summed E-state index contributed by atoms with van der Waals surface area (Å²) in [7, 11) is 1.20. The number of nitrogens with one attached hydrogen (secondary N) is 1. The molecule has 0 aliphatic carbocycles. The maximum atomic E-state index is 13.4. The predicted octanol–water partition coefficient (Wildman–Crippen LogP) is 1.97. The van der Waals surface area contributed by atoms with Crippen molar-refractivity contribution in [2.45, 2.75) is 26.3 Å². The highest BCUT2D eigenvalue weighted by molar-refractivity contribution is 6.01. The zero-order valence-electron chi connectivity index (χ0n) is 13.1. The number of benzene rings is 1. The summed E-state index contributed by atoms with van der Waals surface area (Å²) in [5.41, 5.74) is 0.270. The molecular weight excluding hydrogens is 305 g/mol. The molecule has 1 atom stereocenters. The van der Waals surface area contributed by atoms with Gasteiger partial charge in [0.25, 0.3) is 0 Å². The van der Waals surface area contributed by atoms with E-state index in [2.05, 4.69) is 10.1 Å². The molecular formula is C16H18FNO5. The van der Waals surface area contributed by atoms with Gasteiger partial charge in [-0.05, 0) is 31.5 Å². The Morgan fingerprint density at radius 3 is 2.43 bits per heavy atom. The van der Waals surface area contributed by atoms with Crippen LogP contribution < -0.4 is 5.32 Å². The van der Waals surface area contributed by atoms with E-state index in [4.69, 9.17) is 5.11 Å². The number of ether oxygens (including phenoxy) is 1. The number of amides is 1. The van der Waals surface area contributed by atoms with Gasteiger partial charge in [0, 0.05) is 11.1 Å². The maximum Gasteiger partial charge on any atom is 0.331 e. The second kappa shape index (κ2) is 8.07. The number of hydrogen-bond donors (Lipinski definition) is 2. The first-order valence-electron chi connectivity index (χ1n) is 6.80. The summed E-state index contributed by atoms with van der Waals surface area (Å²) in [5.74, 6) is -2.97. The molecule has 0 aromatic heterocycles. The van der Waals surface area contributed by atoms with Crippen molar-refractivity contribution in [3.8, 4) is 0 Å². The highest BCUT2D eigenvalue weighted by atomic mass is 19.1. The van der Waals surface area contributed by atoms with E-state index < -0.39 is 29.7 Å². The second-order valence-electron chi connectivity index (χ2n) is 4.92. The minimum Gasteiger partial charge on any atom is -0.478 e. The highest BCUT2D eigenvalue weighted by Crippen LogP contribution is 2.19. The number of carboxylic acids is 1. The Morgan fingerprint density at radius 2 is 1.91 bits per heavy atom. The lowest BCUT2D eigenvalue weighted by atomic mass is 10.0. The molecule has 0 heterocycles. The van der Waals surface area contributed by atoms with E-state index >= 15 is 0 Å². The molecule has 2 N–H and O–H groups in total. The molecule has 124 valence electrons. The average molecular weight is 323 g/mol. The van der Waals surface area contributed by atoms with Crippen LogP contribution in [0.25, 0.3) is 0 Å². The minimum absolute atomic E-state index is 0.00349. The van der Waals surface area contributed by atoms with Crippen LogP contribution in [0.15, 0.2) is 35.4 Å². The first kappa shape index (κ1) is 18.3. The summed E-state index contributed by atoms with van der Waals surface area (Å²) in [5, 5.41) is 11.4. The molecule has 0 radical (unpaired) electrons. The lowest BCUT2D eigenvalue weighted by Crippen LogP contribution is -2.32. The van der Waals surface area contributed by atoms with Crippen LogP contribution in [-0.4, -0.2) is 30.1 Å². The number of carbonyl (C=O) groups excluding carboxylic acids is 2. The molecule has 0 saturated carbocycles. The standard InChI is InChI=1S/C16H18FNO5/c1-9(10(2)16(21)22)15(20)18-13(8-14(19)23-3)11-5-4-6-12(17)7-11/h4-7,13H,8H2,1-3H3,(H,18,20)(H,21,22)/b10-9-. The topological polar surface area (TPSA) is 92.7 Å². The number of esters is 1. The van der Waals surface area contributed by atoms with Crippen LogP contribution in [0.2, 0.25) is 0 Å². The van der Waals surface area contributed by atoms with E-state index in [9.17, 15) is 18.8 Å². The normalized spacial score (nSPS) is 12.9. The molecule has 23 heavy (non-hydrogen) atoms. The van der Waals surface area contributed by atoms with Gasteiger partial charge in [-0.15, -0.1) is 0 Å². The molecule has 0 fully saturated rings. The Kier molecular flexibility index (Phi) is 6.44. The second-order valence-corrected chi connectivity index (χ2v) is 4.92. The van der Waals surface area contributed by atoms with Crippen LogP contribution in [0.3, 0.4) is 0 Å². The third-order valence-electron chi connectivity index (χ3n) is 3.38. The molecule has 0 aliphatic heterocycles. The number of halogens is 1. The van der Waals surface area contributed by atoms with E-state index in [0.29, 0.717) is 5.56 Å². The fraction of sp³-hybridized carbons (Fsp3) is 0.312. The van der Waals surface area contributed by atoms with Gasteiger partial charge >= 0.3 is 11.9 Å². The zero-order valence-corrected chi connectivity index (χ0v) is 13.1.